The van der Waals surface area contributed by atoms with Gasteiger partial charge in [0.2, 0.25) is 0 Å². The van der Waals surface area contributed by atoms with Gasteiger partial charge in [0, 0.05) is 24.0 Å². The predicted molar refractivity (Wildman–Crippen MR) is 82.3 cm³/mol. The Morgan fingerprint density at radius 1 is 1.53 bits per heavy atom. The Bertz CT molecular complexity index is 561. The zero-order valence-electron chi connectivity index (χ0n) is 11.4. The molecule has 1 aromatic rings. The van der Waals surface area contributed by atoms with Crippen molar-refractivity contribution in [2.45, 2.75) is 32.2 Å². The first-order chi connectivity index (χ1) is 9.26. The molecular weight excluding hydrogens is 232 g/mol. The molecule has 0 saturated carbocycles. The summed E-state index contributed by atoms with van der Waals surface area (Å²) in [5.74, 6) is 0. The van der Waals surface area contributed by atoms with Crippen LogP contribution in [0.5, 0.6) is 0 Å². The van der Waals surface area contributed by atoms with E-state index < -0.39 is 0 Å². The van der Waals surface area contributed by atoms with Crippen LogP contribution in [0.15, 0.2) is 47.8 Å². The maximum absolute atomic E-state index is 6.11. The first-order valence-corrected chi connectivity index (χ1v) is 6.66. The van der Waals surface area contributed by atoms with Gasteiger partial charge in [0.25, 0.3) is 0 Å². The van der Waals surface area contributed by atoms with E-state index in [-0.39, 0.29) is 6.04 Å². The third-order valence-corrected chi connectivity index (χ3v) is 3.46. The summed E-state index contributed by atoms with van der Waals surface area (Å²) in [6, 6.07) is 6.69. The van der Waals surface area contributed by atoms with Gasteiger partial charge >= 0.3 is 0 Å². The summed E-state index contributed by atoms with van der Waals surface area (Å²) in [6.07, 6.45) is 8.57. The van der Waals surface area contributed by atoms with Crippen LogP contribution in [0.2, 0.25) is 0 Å². The molecule has 19 heavy (non-hydrogen) atoms. The Balaban J connectivity index is 2.51. The molecule has 1 unspecified atom stereocenters. The van der Waals surface area contributed by atoms with Gasteiger partial charge in [-0.05, 0) is 49.0 Å². The number of hydrogen-bond acceptors (Lipinski definition) is 2. The van der Waals surface area contributed by atoms with E-state index in [1.54, 1.807) is 6.21 Å². The number of benzene rings is 1. The highest BCUT2D eigenvalue weighted by molar-refractivity contribution is 5.77. The van der Waals surface area contributed by atoms with Gasteiger partial charge < -0.3 is 5.73 Å². The Morgan fingerprint density at radius 3 is 3.11 bits per heavy atom. The fraction of sp³-hybridized carbons (Fsp3) is 0.294. The Hall–Kier alpha value is -1.89. The molecule has 2 rings (SSSR count). The van der Waals surface area contributed by atoms with Crippen molar-refractivity contribution in [1.29, 1.82) is 0 Å². The number of aliphatic imine (C=N–C) groups is 1. The van der Waals surface area contributed by atoms with Crippen LogP contribution in [0, 0.1) is 0 Å². The molecule has 2 heteroatoms. The maximum atomic E-state index is 6.11. The van der Waals surface area contributed by atoms with Gasteiger partial charge in [-0.1, -0.05) is 24.8 Å². The van der Waals surface area contributed by atoms with E-state index in [0.717, 1.165) is 24.8 Å². The third kappa shape index (κ3) is 3.11. The lowest BCUT2D eigenvalue weighted by atomic mass is 9.84. The standard InChI is InChI=1S/C17H20N2/c1-3-6-14(12-19-4-2)16-8-5-7-13-9-10-15(18)11-17(13)16/h4-8,12,15H,1,9-11,18H2,2H3/b14-12+,19-4?. The lowest BCUT2D eigenvalue weighted by Crippen LogP contribution is -2.28. The smallest absolute Gasteiger partial charge is 0.0348 e. The highest BCUT2D eigenvalue weighted by Crippen LogP contribution is 2.29. The third-order valence-electron chi connectivity index (χ3n) is 3.46. The molecule has 0 heterocycles. The number of aryl methyl sites for hydroxylation is 1. The molecule has 0 aliphatic heterocycles. The summed E-state index contributed by atoms with van der Waals surface area (Å²) in [4.78, 5) is 4.22. The minimum atomic E-state index is 0.261. The van der Waals surface area contributed by atoms with Crippen LogP contribution in [0.4, 0.5) is 0 Å². The highest BCUT2D eigenvalue weighted by Gasteiger charge is 2.18. The van der Waals surface area contributed by atoms with Crippen molar-refractivity contribution in [3.63, 3.8) is 0 Å². The van der Waals surface area contributed by atoms with Gasteiger partial charge in [0.1, 0.15) is 0 Å². The number of hydrogen-bond donors (Lipinski definition) is 1. The lowest BCUT2D eigenvalue weighted by Gasteiger charge is -2.24. The van der Waals surface area contributed by atoms with Crippen LogP contribution in [-0.4, -0.2) is 12.3 Å². The molecule has 0 spiro atoms. The van der Waals surface area contributed by atoms with Crippen molar-refractivity contribution in [1.82, 2.24) is 0 Å². The first kappa shape index (κ1) is 13.5. The van der Waals surface area contributed by atoms with Gasteiger partial charge in [0.15, 0.2) is 0 Å². The average molecular weight is 252 g/mol. The number of allylic oxidation sites excluding steroid dienone is 2. The summed E-state index contributed by atoms with van der Waals surface area (Å²) >= 11 is 0. The van der Waals surface area contributed by atoms with Crippen molar-refractivity contribution in [3.05, 3.63) is 59.5 Å². The van der Waals surface area contributed by atoms with E-state index in [0.29, 0.717) is 0 Å². The molecule has 1 atom stereocenters. The lowest BCUT2D eigenvalue weighted by molar-refractivity contribution is 0.576. The van der Waals surface area contributed by atoms with Gasteiger partial charge in [-0.3, -0.25) is 4.99 Å². The molecule has 2 nitrogen and oxygen atoms in total. The number of rotatable bonds is 3. The molecule has 0 saturated heterocycles. The summed E-state index contributed by atoms with van der Waals surface area (Å²) in [6.45, 7) is 5.57. The topological polar surface area (TPSA) is 38.4 Å². The van der Waals surface area contributed by atoms with Crippen molar-refractivity contribution in [2.75, 3.05) is 0 Å². The van der Waals surface area contributed by atoms with Crippen LogP contribution >= 0.6 is 0 Å². The normalized spacial score (nSPS) is 19.1. The fourth-order valence-corrected chi connectivity index (χ4v) is 2.53. The summed E-state index contributed by atoms with van der Waals surface area (Å²) in [7, 11) is 0. The van der Waals surface area contributed by atoms with Crippen LogP contribution in [0.3, 0.4) is 0 Å². The number of nitrogens with zero attached hydrogens (tertiary/aromatic N) is 1. The van der Waals surface area contributed by atoms with E-state index in [1.165, 1.54) is 16.7 Å². The van der Waals surface area contributed by atoms with Crippen LogP contribution in [0.25, 0.3) is 5.57 Å². The Morgan fingerprint density at radius 2 is 2.37 bits per heavy atom. The van der Waals surface area contributed by atoms with Crippen molar-refractivity contribution >= 4 is 11.8 Å². The van der Waals surface area contributed by atoms with Crippen LogP contribution < -0.4 is 5.73 Å². The second kappa shape index (κ2) is 6.33. The summed E-state index contributed by atoms with van der Waals surface area (Å²) in [5, 5.41) is 0. The van der Waals surface area contributed by atoms with Crippen molar-refractivity contribution in [3.8, 4) is 0 Å². The largest absolute Gasteiger partial charge is 0.327 e. The molecule has 98 valence electrons. The van der Waals surface area contributed by atoms with E-state index in [4.69, 9.17) is 5.73 Å². The predicted octanol–water partition coefficient (Wildman–Crippen LogP) is 3.28. The van der Waals surface area contributed by atoms with E-state index in [9.17, 15) is 0 Å². The number of nitrogens with two attached hydrogens (primary N) is 1. The molecule has 1 aliphatic rings. The minimum Gasteiger partial charge on any atom is -0.327 e. The molecule has 1 aliphatic carbocycles. The molecule has 0 radical (unpaired) electrons. The van der Waals surface area contributed by atoms with Crippen molar-refractivity contribution in [2.24, 2.45) is 10.7 Å². The Labute approximate surface area is 115 Å². The number of fused-ring (bicyclic) bond motifs is 1. The molecule has 0 aromatic heterocycles. The average Bonchev–Trinajstić information content (AvgIpc) is 2.43. The fourth-order valence-electron chi connectivity index (χ4n) is 2.53. The maximum Gasteiger partial charge on any atom is 0.0348 e. The SMILES string of the molecule is C=C=C/C(=C\N=CC)c1cccc2c1CC(N)CC2. The second-order valence-electron chi connectivity index (χ2n) is 4.79. The van der Waals surface area contributed by atoms with Gasteiger partial charge in [-0.15, -0.1) is 5.73 Å². The highest BCUT2D eigenvalue weighted by atomic mass is 14.7. The minimum absolute atomic E-state index is 0.261. The van der Waals surface area contributed by atoms with Crippen LogP contribution in [0.1, 0.15) is 30.0 Å². The van der Waals surface area contributed by atoms with Crippen molar-refractivity contribution < 1.29 is 0 Å². The molecule has 0 bridgehead atoms. The molecule has 0 amide bonds. The van der Waals surface area contributed by atoms with E-state index in [2.05, 4.69) is 35.5 Å². The van der Waals surface area contributed by atoms with Gasteiger partial charge in [-0.2, -0.15) is 0 Å². The van der Waals surface area contributed by atoms with Crippen LogP contribution in [-0.2, 0) is 12.8 Å². The summed E-state index contributed by atoms with van der Waals surface area (Å²) in [5.41, 5.74) is 14.0. The molecule has 2 N–H and O–H groups in total. The molecule has 1 aromatic carbocycles. The van der Waals surface area contributed by atoms with E-state index in [1.807, 2.05) is 19.2 Å². The zero-order valence-corrected chi connectivity index (χ0v) is 11.4. The summed E-state index contributed by atoms with van der Waals surface area (Å²) < 4.78 is 0. The van der Waals surface area contributed by atoms with Gasteiger partial charge in [0.05, 0.1) is 0 Å². The molecule has 0 fully saturated rings. The first-order valence-electron chi connectivity index (χ1n) is 6.66. The monoisotopic (exact) mass is 252 g/mol. The van der Waals surface area contributed by atoms with E-state index >= 15 is 0 Å². The van der Waals surface area contributed by atoms with Gasteiger partial charge in [-0.25, -0.2) is 0 Å². The zero-order chi connectivity index (χ0) is 13.7. The quantitative estimate of drug-likeness (QED) is 0.500. The molecular formula is C17H20N2. The second-order valence-corrected chi connectivity index (χ2v) is 4.79. The Kier molecular flexibility index (Phi) is 4.51.